The number of nitrogens with two attached hydrogens (primary N) is 1. The van der Waals surface area contributed by atoms with Gasteiger partial charge in [0, 0.05) is 32.1 Å². The molecule has 1 fully saturated rings. The monoisotopic (exact) mass is 578 g/mol. The molecule has 0 spiro atoms. The second kappa shape index (κ2) is 14.4. The van der Waals surface area contributed by atoms with E-state index in [-0.39, 0.29) is 54.8 Å². The molecule has 1 heterocycles. The maximum Gasteiger partial charge on any atom is 0.421 e. The summed E-state index contributed by atoms with van der Waals surface area (Å²) in [4.78, 5) is 24.6. The van der Waals surface area contributed by atoms with E-state index in [2.05, 4.69) is 22.1 Å². The number of hydrogen-bond donors (Lipinski definition) is 4. The Balaban J connectivity index is 1.58. The van der Waals surface area contributed by atoms with Gasteiger partial charge in [0.05, 0.1) is 24.1 Å². The van der Waals surface area contributed by atoms with Gasteiger partial charge in [-0.1, -0.05) is 36.3 Å². The van der Waals surface area contributed by atoms with Crippen molar-refractivity contribution in [3.8, 4) is 17.6 Å². The molecule has 1 amide bonds. The van der Waals surface area contributed by atoms with Crippen LogP contribution in [0.2, 0.25) is 0 Å². The fourth-order valence-corrected chi connectivity index (χ4v) is 4.85. The average molecular weight is 579 g/mol. The first kappa shape index (κ1) is 30.5. The summed E-state index contributed by atoms with van der Waals surface area (Å²) in [5, 5.41) is 22.5. The number of hydrogen-bond acceptors (Lipinski definition) is 6. The number of rotatable bonds is 10. The van der Waals surface area contributed by atoms with Crippen molar-refractivity contribution in [3.05, 3.63) is 101 Å². The van der Waals surface area contributed by atoms with E-state index in [0.717, 1.165) is 11.1 Å². The Labute approximate surface area is 242 Å². The Kier molecular flexibility index (Phi) is 10.4. The Morgan fingerprint density at radius 1 is 1.05 bits per heavy atom. The van der Waals surface area contributed by atoms with Crippen molar-refractivity contribution < 1.29 is 33.3 Å². The Hall–Kier alpha value is -4.50. The van der Waals surface area contributed by atoms with Crippen molar-refractivity contribution in [3.63, 3.8) is 0 Å². The van der Waals surface area contributed by atoms with Crippen LogP contribution in [0, 0.1) is 29.4 Å². The Morgan fingerprint density at radius 3 is 2.29 bits per heavy atom. The van der Waals surface area contributed by atoms with E-state index in [1.165, 1.54) is 36.4 Å². The summed E-state index contributed by atoms with van der Waals surface area (Å²) in [5.41, 5.74) is 1.80. The third kappa shape index (κ3) is 8.27. The molecule has 0 radical (unpaired) electrons. The highest BCUT2D eigenvalue weighted by Crippen LogP contribution is 2.31. The minimum Gasteiger partial charge on any atom is -0.492 e. The van der Waals surface area contributed by atoms with Crippen molar-refractivity contribution in [2.24, 2.45) is 11.8 Å². The molecule has 0 saturated carbocycles. The van der Waals surface area contributed by atoms with Crippen LogP contribution < -0.4 is 15.9 Å². The lowest BCUT2D eigenvalue weighted by Gasteiger charge is -2.41. The van der Waals surface area contributed by atoms with Crippen LogP contribution in [-0.4, -0.2) is 71.0 Å². The van der Waals surface area contributed by atoms with Crippen LogP contribution in [0.1, 0.15) is 33.9 Å². The van der Waals surface area contributed by atoms with Crippen LogP contribution >= 0.6 is 0 Å². The number of halogens is 2. The fraction of sp³-hybridized carbons (Fsp3) is 0.290. The van der Waals surface area contributed by atoms with Crippen molar-refractivity contribution in [1.29, 1.82) is 0 Å². The molecular weight excluding hydrogens is 546 g/mol. The number of piperazine rings is 1. The number of carboxylic acid groups (broad SMARTS) is 2. The zero-order chi connectivity index (χ0) is 30.1. The molecule has 9 nitrogen and oxygen atoms in total. The van der Waals surface area contributed by atoms with Gasteiger partial charge in [-0.25, -0.2) is 29.2 Å². The predicted octanol–water partition coefficient (Wildman–Crippen LogP) is 3.97. The smallest absolute Gasteiger partial charge is 0.421 e. The van der Waals surface area contributed by atoms with Gasteiger partial charge in [0.25, 0.3) is 0 Å². The molecule has 2 atom stereocenters. The highest BCUT2D eigenvalue weighted by molar-refractivity contribution is 5.88. The zero-order valence-corrected chi connectivity index (χ0v) is 22.7. The topological polar surface area (TPSA) is 128 Å². The Morgan fingerprint density at radius 2 is 1.69 bits per heavy atom. The lowest BCUT2D eigenvalue weighted by Crippen LogP contribution is -2.55. The second-order valence-electron chi connectivity index (χ2n) is 9.86. The van der Waals surface area contributed by atoms with Crippen molar-refractivity contribution in [2.75, 3.05) is 32.8 Å². The van der Waals surface area contributed by atoms with Crippen molar-refractivity contribution >= 4 is 12.1 Å². The van der Waals surface area contributed by atoms with Crippen molar-refractivity contribution in [1.82, 2.24) is 15.2 Å². The molecule has 11 heteroatoms. The number of hydrazine groups is 1. The first-order valence-corrected chi connectivity index (χ1v) is 13.4. The molecule has 1 aliphatic heterocycles. The lowest BCUT2D eigenvalue weighted by molar-refractivity contribution is 0.0696. The van der Waals surface area contributed by atoms with Gasteiger partial charge in [-0.2, -0.15) is 0 Å². The summed E-state index contributed by atoms with van der Waals surface area (Å²) in [6.07, 6.45) is -1.05. The van der Waals surface area contributed by atoms with Crippen LogP contribution in [0.4, 0.5) is 13.6 Å². The van der Waals surface area contributed by atoms with Crippen LogP contribution in [0.25, 0.3) is 0 Å². The average Bonchev–Trinajstić information content (AvgIpc) is 2.99. The van der Waals surface area contributed by atoms with Gasteiger partial charge in [-0.3, -0.25) is 4.90 Å². The molecule has 0 bridgehead atoms. The largest absolute Gasteiger partial charge is 0.492 e. The molecule has 0 aromatic heterocycles. The summed E-state index contributed by atoms with van der Waals surface area (Å²) in [7, 11) is 0. The van der Waals surface area contributed by atoms with Crippen LogP contribution in [0.15, 0.2) is 72.8 Å². The van der Waals surface area contributed by atoms with Gasteiger partial charge in [0.15, 0.2) is 0 Å². The number of amides is 1. The van der Waals surface area contributed by atoms with Gasteiger partial charge in [0.2, 0.25) is 0 Å². The standard InChI is InChI=1S/C31H32F2N4O5/c32-25-11-7-21(8-12-25)29(22-9-13-26(33)14-10-22)36-17-15-35-28(19-36)24(4-1-2-16-37(34)31(40)41)20-42-27-6-3-5-23(18-27)30(38)39/h3,5-14,18,24,28-29,35H,2,15-17,19-20,34H2,(H,38,39)(H,40,41). The van der Waals surface area contributed by atoms with Gasteiger partial charge < -0.3 is 20.3 Å². The molecular formula is C31H32F2N4O5. The first-order chi connectivity index (χ1) is 20.2. The quantitative estimate of drug-likeness (QED) is 0.123. The first-order valence-electron chi connectivity index (χ1n) is 13.4. The molecule has 42 heavy (non-hydrogen) atoms. The molecule has 3 aromatic rings. The van der Waals surface area contributed by atoms with E-state index in [9.17, 15) is 23.5 Å². The second-order valence-corrected chi connectivity index (χ2v) is 9.86. The Bertz CT molecular complexity index is 1380. The maximum absolute atomic E-state index is 13.8. The maximum atomic E-state index is 13.8. The normalized spacial score (nSPS) is 15.9. The minimum atomic E-state index is -1.26. The molecule has 4 rings (SSSR count). The molecule has 2 unspecified atom stereocenters. The van der Waals surface area contributed by atoms with Crippen LogP contribution in [0.3, 0.4) is 0 Å². The third-order valence-corrected chi connectivity index (χ3v) is 6.98. The van der Waals surface area contributed by atoms with E-state index in [1.54, 1.807) is 36.4 Å². The van der Waals surface area contributed by atoms with E-state index >= 15 is 0 Å². The SMILES string of the molecule is NN(CCC#CC(COc1cccc(C(=O)O)c1)C1CN(C(c2ccc(F)cc2)c2ccc(F)cc2)CCN1)C(=O)O. The highest BCUT2D eigenvalue weighted by Gasteiger charge is 2.32. The number of nitrogens with one attached hydrogen (secondary N) is 1. The lowest BCUT2D eigenvalue weighted by atomic mass is 9.93. The number of carbonyl (C=O) groups is 2. The van der Waals surface area contributed by atoms with Gasteiger partial charge in [0.1, 0.15) is 24.0 Å². The molecule has 1 aliphatic rings. The third-order valence-electron chi connectivity index (χ3n) is 6.98. The highest BCUT2D eigenvalue weighted by atomic mass is 19.1. The van der Waals surface area contributed by atoms with E-state index < -0.39 is 12.1 Å². The number of carboxylic acids is 1. The summed E-state index contributed by atoms with van der Waals surface area (Å²) < 4.78 is 33.5. The number of nitrogens with zero attached hydrogens (tertiary/aromatic N) is 2. The van der Waals surface area contributed by atoms with Crippen LogP contribution in [-0.2, 0) is 0 Å². The van der Waals surface area contributed by atoms with E-state index in [4.69, 9.17) is 15.7 Å². The summed E-state index contributed by atoms with van der Waals surface area (Å²) in [6.45, 7) is 1.92. The molecule has 3 aromatic carbocycles. The van der Waals surface area contributed by atoms with Gasteiger partial charge in [-0.05, 0) is 53.6 Å². The fourth-order valence-electron chi connectivity index (χ4n) is 4.85. The molecule has 0 aliphatic carbocycles. The molecule has 1 saturated heterocycles. The van der Waals surface area contributed by atoms with Gasteiger partial charge in [-0.15, -0.1) is 5.92 Å². The summed E-state index contributed by atoms with van der Waals surface area (Å²) in [6, 6.07) is 18.2. The number of benzene rings is 3. The zero-order valence-electron chi connectivity index (χ0n) is 22.7. The van der Waals surface area contributed by atoms with Crippen molar-refractivity contribution in [2.45, 2.75) is 18.5 Å². The molecule has 220 valence electrons. The minimum absolute atomic E-state index is 0.0258. The van der Waals surface area contributed by atoms with E-state index in [1.807, 2.05) is 0 Å². The van der Waals surface area contributed by atoms with Crippen LogP contribution in [0.5, 0.6) is 5.75 Å². The summed E-state index contributed by atoms with van der Waals surface area (Å²) in [5.74, 6) is 9.88. The predicted molar refractivity (Wildman–Crippen MR) is 152 cm³/mol. The van der Waals surface area contributed by atoms with E-state index in [0.29, 0.717) is 30.4 Å². The number of aromatic carboxylic acids is 1. The molecule has 5 N–H and O–H groups in total. The summed E-state index contributed by atoms with van der Waals surface area (Å²) >= 11 is 0. The van der Waals surface area contributed by atoms with Gasteiger partial charge >= 0.3 is 12.1 Å². The number of ether oxygens (including phenoxy) is 1.